The fourth-order valence-electron chi connectivity index (χ4n) is 3.51. The zero-order chi connectivity index (χ0) is 20.7. The van der Waals surface area contributed by atoms with E-state index in [1.54, 1.807) is 35.7 Å². The van der Waals surface area contributed by atoms with E-state index >= 15 is 0 Å². The summed E-state index contributed by atoms with van der Waals surface area (Å²) in [4.78, 5) is 12.3. The van der Waals surface area contributed by atoms with E-state index in [2.05, 4.69) is 5.32 Å². The van der Waals surface area contributed by atoms with Gasteiger partial charge in [-0.25, -0.2) is 12.7 Å². The summed E-state index contributed by atoms with van der Waals surface area (Å²) < 4.78 is 31.7. The minimum Gasteiger partial charge on any atom is -0.496 e. The second kappa shape index (κ2) is 9.89. The topological polar surface area (TPSA) is 75.7 Å². The summed E-state index contributed by atoms with van der Waals surface area (Å²) in [5, 5.41) is 2.91. The molecule has 2 aromatic carbocycles. The number of carbonyl (C=O) groups excluding carboxylic acids is 1. The molecule has 0 bridgehead atoms. The first-order valence-corrected chi connectivity index (χ1v) is 11.6. The predicted octanol–water partition coefficient (Wildman–Crippen LogP) is 2.98. The summed E-state index contributed by atoms with van der Waals surface area (Å²) in [6.07, 6.45) is 3.47. The van der Waals surface area contributed by atoms with E-state index in [9.17, 15) is 13.2 Å². The number of nitrogens with zero attached hydrogens (tertiary/aromatic N) is 1. The van der Waals surface area contributed by atoms with Crippen LogP contribution in [0.4, 0.5) is 0 Å². The number of sulfonamides is 1. The Balaban J connectivity index is 1.47. The van der Waals surface area contributed by atoms with Crippen molar-refractivity contribution in [2.45, 2.75) is 31.4 Å². The zero-order valence-electron chi connectivity index (χ0n) is 16.8. The fraction of sp³-hybridized carbons (Fsp3) is 0.409. The monoisotopic (exact) mass is 416 g/mol. The molecule has 0 atom stereocenters. The third-order valence-corrected chi connectivity index (χ3v) is 6.97. The molecule has 1 saturated heterocycles. The van der Waals surface area contributed by atoms with Gasteiger partial charge < -0.3 is 10.1 Å². The average molecular weight is 417 g/mol. The van der Waals surface area contributed by atoms with E-state index in [1.165, 1.54) is 0 Å². The number of rotatable bonds is 9. The van der Waals surface area contributed by atoms with Crippen molar-refractivity contribution < 1.29 is 17.9 Å². The Labute approximate surface area is 172 Å². The van der Waals surface area contributed by atoms with Crippen molar-refractivity contribution in [3.8, 4) is 5.75 Å². The van der Waals surface area contributed by atoms with Gasteiger partial charge >= 0.3 is 0 Å². The third-order valence-electron chi connectivity index (χ3n) is 5.12. The first-order chi connectivity index (χ1) is 14.0. The molecule has 0 saturated carbocycles. The van der Waals surface area contributed by atoms with Gasteiger partial charge in [-0.15, -0.1) is 0 Å². The molecule has 156 valence electrons. The molecule has 2 aromatic rings. The van der Waals surface area contributed by atoms with E-state index in [-0.39, 0.29) is 11.7 Å². The van der Waals surface area contributed by atoms with Gasteiger partial charge in [0.1, 0.15) is 5.75 Å². The van der Waals surface area contributed by atoms with E-state index in [4.69, 9.17) is 4.74 Å². The zero-order valence-corrected chi connectivity index (χ0v) is 17.6. The van der Waals surface area contributed by atoms with Crippen LogP contribution >= 0.6 is 0 Å². The lowest BCUT2D eigenvalue weighted by atomic mass is 10.1. The van der Waals surface area contributed by atoms with Gasteiger partial charge in [0.05, 0.1) is 12.9 Å². The second-order valence-electron chi connectivity index (χ2n) is 7.23. The van der Waals surface area contributed by atoms with E-state index in [0.717, 1.165) is 37.0 Å². The Bertz CT molecular complexity index is 920. The lowest BCUT2D eigenvalue weighted by molar-refractivity contribution is 0.0953. The molecule has 0 aliphatic carbocycles. The molecule has 1 aliphatic rings. The van der Waals surface area contributed by atoms with Crippen molar-refractivity contribution in [1.82, 2.24) is 9.62 Å². The lowest BCUT2D eigenvalue weighted by Gasteiger charge is -2.15. The summed E-state index contributed by atoms with van der Waals surface area (Å²) in [7, 11) is -1.62. The molecule has 1 aliphatic heterocycles. The lowest BCUT2D eigenvalue weighted by Crippen LogP contribution is -2.29. The Morgan fingerprint density at radius 2 is 1.76 bits per heavy atom. The van der Waals surface area contributed by atoms with Crippen LogP contribution in [0.3, 0.4) is 0 Å². The molecule has 0 radical (unpaired) electrons. The summed E-state index contributed by atoms with van der Waals surface area (Å²) in [5.41, 5.74) is 2.35. The maximum Gasteiger partial charge on any atom is 0.251 e. The predicted molar refractivity (Wildman–Crippen MR) is 114 cm³/mol. The van der Waals surface area contributed by atoms with Crippen LogP contribution in [0.15, 0.2) is 48.5 Å². The van der Waals surface area contributed by atoms with Crippen LogP contribution in [0.2, 0.25) is 0 Å². The molecular weight excluding hydrogens is 388 g/mol. The SMILES string of the molecule is COc1ccccc1CCCNC(=O)c1ccc(CS(=O)(=O)N2CCCC2)cc1. The molecule has 1 fully saturated rings. The van der Waals surface area contributed by atoms with Crippen LogP contribution < -0.4 is 10.1 Å². The summed E-state index contributed by atoms with van der Waals surface area (Å²) >= 11 is 0. The van der Waals surface area contributed by atoms with Crippen molar-refractivity contribution >= 4 is 15.9 Å². The van der Waals surface area contributed by atoms with Crippen molar-refractivity contribution in [2.24, 2.45) is 0 Å². The van der Waals surface area contributed by atoms with E-state index < -0.39 is 10.0 Å². The molecule has 3 rings (SSSR count). The molecule has 0 spiro atoms. The number of benzene rings is 2. The van der Waals surface area contributed by atoms with Gasteiger partial charge in [-0.1, -0.05) is 30.3 Å². The van der Waals surface area contributed by atoms with Gasteiger partial charge in [-0.3, -0.25) is 4.79 Å². The smallest absolute Gasteiger partial charge is 0.251 e. The maximum atomic E-state index is 12.4. The number of amides is 1. The normalized spacial score (nSPS) is 14.7. The van der Waals surface area contributed by atoms with E-state index in [1.807, 2.05) is 24.3 Å². The van der Waals surface area contributed by atoms with Gasteiger partial charge in [-0.2, -0.15) is 0 Å². The van der Waals surface area contributed by atoms with Crippen LogP contribution in [0, 0.1) is 0 Å². The summed E-state index contributed by atoms with van der Waals surface area (Å²) in [6, 6.07) is 14.7. The summed E-state index contributed by atoms with van der Waals surface area (Å²) in [6.45, 7) is 1.78. The van der Waals surface area contributed by atoms with Crippen LogP contribution in [-0.4, -0.2) is 45.4 Å². The average Bonchev–Trinajstić information content (AvgIpc) is 3.27. The quantitative estimate of drug-likeness (QED) is 0.638. The Morgan fingerprint density at radius 3 is 2.45 bits per heavy atom. The molecule has 29 heavy (non-hydrogen) atoms. The van der Waals surface area contributed by atoms with Crippen LogP contribution in [0.1, 0.15) is 40.7 Å². The fourth-order valence-corrected chi connectivity index (χ4v) is 5.12. The highest BCUT2D eigenvalue weighted by Gasteiger charge is 2.25. The highest BCUT2D eigenvalue weighted by Crippen LogP contribution is 2.19. The molecular formula is C22H28N2O4S. The molecule has 7 heteroatoms. The van der Waals surface area contributed by atoms with Crippen molar-refractivity contribution in [3.05, 3.63) is 65.2 Å². The van der Waals surface area contributed by atoms with Gasteiger partial charge in [0, 0.05) is 25.2 Å². The largest absolute Gasteiger partial charge is 0.496 e. The number of para-hydroxylation sites is 1. The van der Waals surface area contributed by atoms with Gasteiger partial charge in [-0.05, 0) is 55.0 Å². The number of carbonyl (C=O) groups is 1. The third kappa shape index (κ3) is 5.81. The van der Waals surface area contributed by atoms with Crippen LogP contribution in [-0.2, 0) is 22.2 Å². The van der Waals surface area contributed by atoms with Gasteiger partial charge in [0.15, 0.2) is 0 Å². The number of ether oxygens (including phenoxy) is 1. The molecule has 1 amide bonds. The van der Waals surface area contributed by atoms with Crippen LogP contribution in [0.5, 0.6) is 5.75 Å². The first-order valence-electron chi connectivity index (χ1n) is 9.96. The molecule has 1 heterocycles. The minimum absolute atomic E-state index is 0.0200. The van der Waals surface area contributed by atoms with Crippen molar-refractivity contribution in [2.75, 3.05) is 26.7 Å². The van der Waals surface area contributed by atoms with Gasteiger partial charge in [0.2, 0.25) is 10.0 Å². The first kappa shape index (κ1) is 21.3. The standard InChI is InChI=1S/C22H28N2O4S/c1-28-21-9-3-2-7-19(21)8-6-14-23-22(25)20-12-10-18(11-13-20)17-29(26,27)24-15-4-5-16-24/h2-3,7,9-13H,4-6,8,14-17H2,1H3,(H,23,25). The number of aryl methyl sites for hydroxylation is 1. The number of hydrogen-bond acceptors (Lipinski definition) is 4. The van der Waals surface area contributed by atoms with Crippen molar-refractivity contribution in [1.29, 1.82) is 0 Å². The summed E-state index contributed by atoms with van der Waals surface area (Å²) in [5.74, 6) is 0.686. The Morgan fingerprint density at radius 1 is 1.07 bits per heavy atom. The van der Waals surface area contributed by atoms with Crippen molar-refractivity contribution in [3.63, 3.8) is 0 Å². The van der Waals surface area contributed by atoms with E-state index in [0.29, 0.717) is 30.8 Å². The maximum absolute atomic E-state index is 12.4. The molecule has 0 unspecified atom stereocenters. The molecule has 1 N–H and O–H groups in total. The number of hydrogen-bond donors (Lipinski definition) is 1. The minimum atomic E-state index is -3.27. The second-order valence-corrected chi connectivity index (χ2v) is 9.20. The van der Waals surface area contributed by atoms with Gasteiger partial charge in [0.25, 0.3) is 5.91 Å². The number of methoxy groups -OCH3 is 1. The Kier molecular flexibility index (Phi) is 7.28. The Hall–Kier alpha value is -2.38. The highest BCUT2D eigenvalue weighted by atomic mass is 32.2. The number of nitrogens with one attached hydrogen (secondary N) is 1. The van der Waals surface area contributed by atoms with Crippen LogP contribution in [0.25, 0.3) is 0 Å². The molecule has 0 aromatic heterocycles. The highest BCUT2D eigenvalue weighted by molar-refractivity contribution is 7.88. The molecule has 6 nitrogen and oxygen atoms in total.